The first-order chi connectivity index (χ1) is 13.8. The van der Waals surface area contributed by atoms with Crippen molar-refractivity contribution in [3.63, 3.8) is 0 Å². The topological polar surface area (TPSA) is 84.7 Å². The lowest BCUT2D eigenvalue weighted by molar-refractivity contribution is 0.0347. The van der Waals surface area contributed by atoms with E-state index in [1.165, 1.54) is 6.07 Å². The van der Waals surface area contributed by atoms with Crippen molar-refractivity contribution in [2.45, 2.75) is 38.8 Å². The van der Waals surface area contributed by atoms with E-state index in [0.717, 1.165) is 25.0 Å². The molecule has 1 fully saturated rings. The normalized spacial score (nSPS) is 16.0. The zero-order valence-corrected chi connectivity index (χ0v) is 16.5. The summed E-state index contributed by atoms with van der Waals surface area (Å²) in [6.07, 6.45) is 1.67. The van der Waals surface area contributed by atoms with E-state index < -0.39 is 23.6 Å². The van der Waals surface area contributed by atoms with Crippen LogP contribution in [0.25, 0.3) is 0 Å². The first-order valence-electron chi connectivity index (χ1n) is 9.35. The Morgan fingerprint density at radius 1 is 1.28 bits per heavy atom. The average Bonchev–Trinajstić information content (AvgIpc) is 3.11. The molecule has 0 spiro atoms. The number of aryl methyl sites for hydroxylation is 1. The van der Waals surface area contributed by atoms with Gasteiger partial charge < -0.3 is 19.4 Å². The fourth-order valence-corrected chi connectivity index (χ4v) is 3.22. The van der Waals surface area contributed by atoms with Crippen LogP contribution < -0.4 is 5.32 Å². The van der Waals surface area contributed by atoms with Crippen LogP contribution in [0.4, 0.5) is 8.78 Å². The lowest BCUT2D eigenvalue weighted by Gasteiger charge is -2.30. The van der Waals surface area contributed by atoms with Crippen molar-refractivity contribution in [3.8, 4) is 0 Å². The van der Waals surface area contributed by atoms with E-state index in [9.17, 15) is 18.4 Å². The SMILES string of the molecule is COC1CCN(C(=O)c2nc([C@H](C)NC(=O)c3ccc(F)c(F)c3)oc2C)CC1. The number of halogens is 2. The van der Waals surface area contributed by atoms with E-state index in [1.54, 1.807) is 25.9 Å². The smallest absolute Gasteiger partial charge is 0.276 e. The Labute approximate surface area is 167 Å². The summed E-state index contributed by atoms with van der Waals surface area (Å²) in [7, 11) is 1.66. The minimum Gasteiger partial charge on any atom is -0.443 e. The summed E-state index contributed by atoms with van der Waals surface area (Å²) in [5, 5.41) is 2.61. The Bertz CT molecular complexity index is 907. The fourth-order valence-electron chi connectivity index (χ4n) is 3.22. The number of hydrogen-bond donors (Lipinski definition) is 1. The standard InChI is InChI=1S/C20H23F2N3O4/c1-11(23-18(26)13-4-5-15(21)16(22)10-13)19-24-17(12(2)29-19)20(27)25-8-6-14(28-3)7-9-25/h4-5,10-11,14H,6-9H2,1-3H3,(H,23,26)/t11-/m0/s1. The molecule has 1 atom stereocenters. The maximum absolute atomic E-state index is 13.3. The lowest BCUT2D eigenvalue weighted by atomic mass is 10.1. The largest absolute Gasteiger partial charge is 0.443 e. The molecule has 1 aromatic carbocycles. The van der Waals surface area contributed by atoms with Gasteiger partial charge in [0.15, 0.2) is 17.3 Å². The molecule has 2 heterocycles. The molecule has 1 N–H and O–H groups in total. The summed E-state index contributed by atoms with van der Waals surface area (Å²) < 4.78 is 37.3. The van der Waals surface area contributed by atoms with Crippen molar-refractivity contribution in [2.75, 3.05) is 20.2 Å². The number of hydrogen-bond acceptors (Lipinski definition) is 5. The highest BCUT2D eigenvalue weighted by Gasteiger charge is 2.28. The van der Waals surface area contributed by atoms with Crippen LogP contribution in [-0.4, -0.2) is 48.0 Å². The number of rotatable bonds is 5. The number of oxazole rings is 1. The van der Waals surface area contributed by atoms with Gasteiger partial charge in [-0.2, -0.15) is 0 Å². The van der Waals surface area contributed by atoms with Crippen molar-refractivity contribution >= 4 is 11.8 Å². The summed E-state index contributed by atoms with van der Waals surface area (Å²) in [5.41, 5.74) is 0.168. The first-order valence-corrected chi connectivity index (χ1v) is 9.35. The van der Waals surface area contributed by atoms with Gasteiger partial charge in [0.2, 0.25) is 5.89 Å². The number of likely N-dealkylation sites (tertiary alicyclic amines) is 1. The number of carbonyl (C=O) groups is 2. The van der Waals surface area contributed by atoms with E-state index in [2.05, 4.69) is 10.3 Å². The van der Waals surface area contributed by atoms with Crippen molar-refractivity contribution in [2.24, 2.45) is 0 Å². The fraction of sp³-hybridized carbons (Fsp3) is 0.450. The molecule has 9 heteroatoms. The number of ether oxygens (including phenoxy) is 1. The van der Waals surface area contributed by atoms with Gasteiger partial charge in [0.1, 0.15) is 11.8 Å². The maximum atomic E-state index is 13.3. The molecule has 29 heavy (non-hydrogen) atoms. The number of nitrogens with one attached hydrogen (secondary N) is 1. The summed E-state index contributed by atoms with van der Waals surface area (Å²) in [5.74, 6) is -2.47. The zero-order chi connectivity index (χ0) is 21.1. The van der Waals surface area contributed by atoms with Crippen LogP contribution in [-0.2, 0) is 4.74 Å². The summed E-state index contributed by atoms with van der Waals surface area (Å²) in [4.78, 5) is 31.0. The van der Waals surface area contributed by atoms with Gasteiger partial charge in [-0.3, -0.25) is 9.59 Å². The van der Waals surface area contributed by atoms with E-state index >= 15 is 0 Å². The third-order valence-electron chi connectivity index (χ3n) is 4.98. The third kappa shape index (κ3) is 4.61. The molecule has 0 radical (unpaired) electrons. The molecule has 1 aromatic heterocycles. The summed E-state index contributed by atoms with van der Waals surface area (Å²) in [6, 6.07) is 2.21. The van der Waals surface area contributed by atoms with E-state index in [4.69, 9.17) is 9.15 Å². The highest BCUT2D eigenvalue weighted by Crippen LogP contribution is 2.21. The summed E-state index contributed by atoms with van der Waals surface area (Å²) in [6.45, 7) is 4.40. The Morgan fingerprint density at radius 3 is 2.59 bits per heavy atom. The molecule has 1 aliphatic heterocycles. The van der Waals surface area contributed by atoms with Gasteiger partial charge in [0, 0.05) is 25.8 Å². The predicted molar refractivity (Wildman–Crippen MR) is 99.4 cm³/mol. The summed E-state index contributed by atoms with van der Waals surface area (Å²) >= 11 is 0. The van der Waals surface area contributed by atoms with Gasteiger partial charge in [0.25, 0.3) is 11.8 Å². The second kappa shape index (κ2) is 8.69. The molecular formula is C20H23F2N3O4. The van der Waals surface area contributed by atoms with Crippen molar-refractivity contribution in [1.82, 2.24) is 15.2 Å². The number of aromatic nitrogens is 1. The highest BCUT2D eigenvalue weighted by molar-refractivity contribution is 5.94. The quantitative estimate of drug-likeness (QED) is 0.824. The van der Waals surface area contributed by atoms with Gasteiger partial charge in [-0.1, -0.05) is 0 Å². The minimum atomic E-state index is -1.11. The van der Waals surface area contributed by atoms with Crippen LogP contribution in [0.2, 0.25) is 0 Å². The molecule has 156 valence electrons. The molecule has 1 saturated heterocycles. The van der Waals surface area contributed by atoms with E-state index in [1.807, 2.05) is 0 Å². The molecule has 1 aliphatic rings. The number of methoxy groups -OCH3 is 1. The van der Waals surface area contributed by atoms with Gasteiger partial charge >= 0.3 is 0 Å². The molecule has 0 bridgehead atoms. The van der Waals surface area contributed by atoms with Crippen LogP contribution in [0.3, 0.4) is 0 Å². The van der Waals surface area contributed by atoms with Crippen molar-refractivity contribution in [1.29, 1.82) is 0 Å². The number of nitrogens with zero attached hydrogens (tertiary/aromatic N) is 2. The number of benzene rings is 1. The Hall–Kier alpha value is -2.81. The molecule has 7 nitrogen and oxygen atoms in total. The second-order valence-corrected chi connectivity index (χ2v) is 7.01. The zero-order valence-electron chi connectivity index (χ0n) is 16.5. The minimum absolute atomic E-state index is 0.0312. The number of carbonyl (C=O) groups excluding carboxylic acids is 2. The van der Waals surface area contributed by atoms with E-state index in [-0.39, 0.29) is 29.2 Å². The third-order valence-corrected chi connectivity index (χ3v) is 4.98. The van der Waals surface area contributed by atoms with Gasteiger partial charge in [0.05, 0.1) is 6.10 Å². The molecule has 0 aliphatic carbocycles. The van der Waals surface area contributed by atoms with Crippen LogP contribution in [0, 0.1) is 18.6 Å². The van der Waals surface area contributed by atoms with Crippen LogP contribution in [0.5, 0.6) is 0 Å². The van der Waals surface area contributed by atoms with E-state index in [0.29, 0.717) is 18.8 Å². The van der Waals surface area contributed by atoms with Crippen molar-refractivity contribution in [3.05, 3.63) is 52.7 Å². The van der Waals surface area contributed by atoms with Gasteiger partial charge in [-0.05, 0) is 44.9 Å². The maximum Gasteiger partial charge on any atom is 0.276 e. The van der Waals surface area contributed by atoms with Crippen LogP contribution in [0.1, 0.15) is 58.3 Å². The molecule has 0 unspecified atom stereocenters. The Kier molecular flexibility index (Phi) is 6.26. The highest BCUT2D eigenvalue weighted by atomic mass is 19.2. The molecular weight excluding hydrogens is 384 g/mol. The van der Waals surface area contributed by atoms with Crippen molar-refractivity contribution < 1.29 is 27.5 Å². The van der Waals surface area contributed by atoms with Crippen LogP contribution >= 0.6 is 0 Å². The predicted octanol–water partition coefficient (Wildman–Crippen LogP) is 3.00. The lowest BCUT2D eigenvalue weighted by Crippen LogP contribution is -2.41. The molecule has 2 aromatic rings. The van der Waals surface area contributed by atoms with Gasteiger partial charge in [-0.15, -0.1) is 0 Å². The Balaban J connectivity index is 1.68. The monoisotopic (exact) mass is 407 g/mol. The number of piperidine rings is 1. The molecule has 3 rings (SSSR count). The molecule has 0 saturated carbocycles. The van der Waals surface area contributed by atoms with Gasteiger partial charge in [-0.25, -0.2) is 13.8 Å². The van der Waals surface area contributed by atoms with Crippen LogP contribution in [0.15, 0.2) is 22.6 Å². The average molecular weight is 407 g/mol. The number of amides is 2. The first kappa shape index (κ1) is 20.9. The second-order valence-electron chi connectivity index (χ2n) is 7.01. The molecule has 2 amide bonds. The Morgan fingerprint density at radius 2 is 1.97 bits per heavy atom.